The molecule has 0 aliphatic rings. The number of anilines is 1. The highest BCUT2D eigenvalue weighted by atomic mass is 35.5. The first-order valence-corrected chi connectivity index (χ1v) is 6.48. The van der Waals surface area contributed by atoms with Crippen LogP contribution in [0.15, 0.2) is 29.2 Å². The molecule has 104 valence electrons. The average Bonchev–Trinajstić information content (AvgIpc) is 3.11. The zero-order chi connectivity index (χ0) is 13.9. The van der Waals surface area contributed by atoms with Crippen LogP contribution >= 0.6 is 11.6 Å². The second-order valence-corrected chi connectivity index (χ2v) is 4.79. The van der Waals surface area contributed by atoms with Gasteiger partial charge in [-0.25, -0.2) is 9.67 Å². The molecule has 0 bridgehead atoms. The van der Waals surface area contributed by atoms with Crippen molar-refractivity contribution in [1.82, 2.24) is 25.0 Å². The number of halogens is 1. The van der Waals surface area contributed by atoms with Crippen LogP contribution in [0, 0.1) is 0 Å². The minimum Gasteiger partial charge on any atom is -0.472 e. The molecule has 0 amide bonds. The lowest BCUT2D eigenvalue weighted by molar-refractivity contribution is 0.558. The average molecular weight is 293 g/mol. The number of nitrogen functional groups attached to an aromatic ring is 1. The fourth-order valence-corrected chi connectivity index (χ4v) is 2.16. The van der Waals surface area contributed by atoms with Crippen molar-refractivity contribution in [3.8, 4) is 0 Å². The third-order valence-electron chi connectivity index (χ3n) is 2.89. The van der Waals surface area contributed by atoms with Crippen molar-refractivity contribution in [2.45, 2.75) is 19.4 Å². The van der Waals surface area contributed by atoms with Crippen LogP contribution in [-0.2, 0) is 19.4 Å². The van der Waals surface area contributed by atoms with Gasteiger partial charge in [-0.2, -0.15) is 0 Å². The quantitative estimate of drug-likeness (QED) is 0.745. The number of H-pyrrole nitrogens is 1. The highest BCUT2D eigenvalue weighted by Crippen LogP contribution is 2.15. The molecule has 3 aromatic rings. The molecule has 8 heteroatoms. The summed E-state index contributed by atoms with van der Waals surface area (Å²) in [5, 5.41) is 8.60. The van der Waals surface area contributed by atoms with Crippen LogP contribution in [0.25, 0.3) is 0 Å². The Hall–Kier alpha value is -2.28. The summed E-state index contributed by atoms with van der Waals surface area (Å²) < 4.78 is 6.78. The predicted molar refractivity (Wildman–Crippen MR) is 73.3 cm³/mol. The molecular formula is C12H13ClN6O. The molecule has 0 unspecified atom stereocenters. The third kappa shape index (κ3) is 2.83. The van der Waals surface area contributed by atoms with E-state index in [9.17, 15) is 0 Å². The molecule has 0 spiro atoms. The summed E-state index contributed by atoms with van der Waals surface area (Å²) in [6.45, 7) is 0.640. The Morgan fingerprint density at radius 3 is 3.00 bits per heavy atom. The SMILES string of the molecule is Nc1nc(Cl)c(CCc2cn(Cc3ccoc3)nn2)[nH]1. The van der Waals surface area contributed by atoms with Gasteiger partial charge in [-0.15, -0.1) is 5.10 Å². The van der Waals surface area contributed by atoms with Gasteiger partial charge in [-0.05, 0) is 18.9 Å². The van der Waals surface area contributed by atoms with Crippen LogP contribution in [0.4, 0.5) is 5.95 Å². The van der Waals surface area contributed by atoms with Crippen molar-refractivity contribution in [3.05, 3.63) is 46.9 Å². The lowest BCUT2D eigenvalue weighted by atomic mass is 10.2. The number of aryl methyl sites for hydroxylation is 2. The van der Waals surface area contributed by atoms with Crippen LogP contribution < -0.4 is 5.73 Å². The van der Waals surface area contributed by atoms with E-state index in [1.165, 1.54) is 0 Å². The van der Waals surface area contributed by atoms with Crippen molar-refractivity contribution < 1.29 is 4.42 Å². The molecule has 0 atom stereocenters. The number of nitrogens with one attached hydrogen (secondary N) is 1. The number of nitrogens with two attached hydrogens (primary N) is 1. The predicted octanol–water partition coefficient (Wildman–Crippen LogP) is 1.66. The number of furan rings is 1. The van der Waals surface area contributed by atoms with Crippen molar-refractivity contribution in [2.75, 3.05) is 5.73 Å². The van der Waals surface area contributed by atoms with Gasteiger partial charge in [0.15, 0.2) is 11.1 Å². The standard InChI is InChI=1S/C12H13ClN6O/c13-11-10(15-12(14)16-11)2-1-9-6-19(18-17-9)5-8-3-4-20-7-8/h3-4,6-7H,1-2,5H2,(H3,14,15,16). The maximum absolute atomic E-state index is 5.94. The molecule has 3 aromatic heterocycles. The van der Waals surface area contributed by atoms with E-state index in [2.05, 4.69) is 20.3 Å². The number of hydrogen-bond acceptors (Lipinski definition) is 5. The van der Waals surface area contributed by atoms with Crippen molar-refractivity contribution in [3.63, 3.8) is 0 Å². The van der Waals surface area contributed by atoms with Gasteiger partial charge in [0.1, 0.15) is 0 Å². The van der Waals surface area contributed by atoms with Gasteiger partial charge < -0.3 is 15.1 Å². The minimum absolute atomic E-state index is 0.327. The van der Waals surface area contributed by atoms with Gasteiger partial charge in [0.25, 0.3) is 0 Å². The fraction of sp³-hybridized carbons (Fsp3) is 0.250. The van der Waals surface area contributed by atoms with E-state index in [0.717, 1.165) is 17.0 Å². The number of hydrogen-bond donors (Lipinski definition) is 2. The Kier molecular flexibility index (Phi) is 3.42. The molecule has 7 nitrogen and oxygen atoms in total. The molecule has 3 N–H and O–H groups in total. The Labute approximate surface area is 119 Å². The number of aromatic nitrogens is 5. The Balaban J connectivity index is 1.61. The van der Waals surface area contributed by atoms with E-state index in [0.29, 0.717) is 30.5 Å². The first-order chi connectivity index (χ1) is 9.70. The topological polar surface area (TPSA) is 98.6 Å². The number of nitrogens with zero attached hydrogens (tertiary/aromatic N) is 4. The Morgan fingerprint density at radius 2 is 2.30 bits per heavy atom. The molecule has 3 heterocycles. The van der Waals surface area contributed by atoms with Crippen molar-refractivity contribution in [1.29, 1.82) is 0 Å². The van der Waals surface area contributed by atoms with Gasteiger partial charge >= 0.3 is 0 Å². The molecule has 3 rings (SSSR count). The zero-order valence-electron chi connectivity index (χ0n) is 10.6. The maximum atomic E-state index is 5.94. The summed E-state index contributed by atoms with van der Waals surface area (Å²) in [6.07, 6.45) is 6.63. The summed E-state index contributed by atoms with van der Waals surface area (Å²) in [4.78, 5) is 6.84. The highest BCUT2D eigenvalue weighted by Gasteiger charge is 2.08. The molecule has 0 aliphatic heterocycles. The lowest BCUT2D eigenvalue weighted by Gasteiger charge is -1.96. The molecular weight excluding hydrogens is 280 g/mol. The van der Waals surface area contributed by atoms with Crippen molar-refractivity contribution >= 4 is 17.5 Å². The lowest BCUT2D eigenvalue weighted by Crippen LogP contribution is -1.98. The summed E-state index contributed by atoms with van der Waals surface area (Å²) in [5.41, 5.74) is 8.28. The minimum atomic E-state index is 0.327. The number of aromatic amines is 1. The second-order valence-electron chi connectivity index (χ2n) is 4.43. The first-order valence-electron chi connectivity index (χ1n) is 6.10. The summed E-state index contributed by atoms with van der Waals surface area (Å²) >= 11 is 5.94. The molecule has 0 fully saturated rings. The first kappa shape index (κ1) is 12.7. The Morgan fingerprint density at radius 1 is 1.40 bits per heavy atom. The summed E-state index contributed by atoms with van der Waals surface area (Å²) in [5.74, 6) is 0.327. The van der Waals surface area contributed by atoms with Crippen LogP contribution in [0.3, 0.4) is 0 Å². The molecule has 0 aliphatic carbocycles. The van der Waals surface area contributed by atoms with Gasteiger partial charge in [-0.3, -0.25) is 0 Å². The van der Waals surface area contributed by atoms with Crippen LogP contribution in [-0.4, -0.2) is 25.0 Å². The monoisotopic (exact) mass is 292 g/mol. The van der Waals surface area contributed by atoms with Crippen LogP contribution in [0.1, 0.15) is 17.0 Å². The molecule has 0 saturated heterocycles. The molecule has 0 radical (unpaired) electrons. The Bertz CT molecular complexity index is 687. The van der Waals surface area contributed by atoms with E-state index >= 15 is 0 Å². The molecule has 20 heavy (non-hydrogen) atoms. The van der Waals surface area contributed by atoms with Crippen LogP contribution in [0.2, 0.25) is 5.15 Å². The van der Waals surface area contributed by atoms with E-state index in [1.807, 2.05) is 12.3 Å². The second kappa shape index (κ2) is 5.38. The van der Waals surface area contributed by atoms with E-state index in [-0.39, 0.29) is 0 Å². The smallest absolute Gasteiger partial charge is 0.199 e. The van der Waals surface area contributed by atoms with E-state index in [4.69, 9.17) is 21.8 Å². The zero-order valence-corrected chi connectivity index (χ0v) is 11.3. The van der Waals surface area contributed by atoms with Crippen LogP contribution in [0.5, 0.6) is 0 Å². The van der Waals surface area contributed by atoms with Gasteiger partial charge in [0, 0.05) is 11.8 Å². The summed E-state index contributed by atoms with van der Waals surface area (Å²) in [6, 6.07) is 1.90. The molecule has 0 aromatic carbocycles. The maximum Gasteiger partial charge on any atom is 0.199 e. The largest absolute Gasteiger partial charge is 0.472 e. The normalized spacial score (nSPS) is 11.1. The molecule has 0 saturated carbocycles. The summed E-state index contributed by atoms with van der Waals surface area (Å²) in [7, 11) is 0. The number of rotatable bonds is 5. The fourth-order valence-electron chi connectivity index (χ4n) is 1.93. The third-order valence-corrected chi connectivity index (χ3v) is 3.20. The van der Waals surface area contributed by atoms with E-state index in [1.54, 1.807) is 17.2 Å². The van der Waals surface area contributed by atoms with E-state index < -0.39 is 0 Å². The van der Waals surface area contributed by atoms with Gasteiger partial charge in [0.2, 0.25) is 0 Å². The van der Waals surface area contributed by atoms with Crippen molar-refractivity contribution in [2.24, 2.45) is 0 Å². The van der Waals surface area contributed by atoms with Gasteiger partial charge in [0.05, 0.1) is 30.5 Å². The number of imidazole rings is 1. The highest BCUT2D eigenvalue weighted by molar-refractivity contribution is 6.30. The van der Waals surface area contributed by atoms with Gasteiger partial charge in [-0.1, -0.05) is 16.8 Å².